The van der Waals surface area contributed by atoms with Crippen LogP contribution in [0.15, 0.2) is 0 Å². The van der Waals surface area contributed by atoms with Gasteiger partial charge < -0.3 is 23.8 Å². The average molecular weight is 412 g/mol. The molecule has 12 heteroatoms. The number of hydrogen-bond acceptors (Lipinski definition) is 7. The van der Waals surface area contributed by atoms with Crippen LogP contribution in [0.25, 0.3) is 0 Å². The Morgan fingerprint density at radius 1 is 0.708 bits per heavy atom. The molecule has 0 aromatic carbocycles. The summed E-state index contributed by atoms with van der Waals surface area (Å²) in [5.74, 6) is 0. The van der Waals surface area contributed by atoms with Crippen molar-refractivity contribution in [3.63, 3.8) is 0 Å². The molecule has 0 rings (SSSR count). The Hall–Kier alpha value is 3.26. The Balaban J connectivity index is -0.000000667. The maximum Gasteiger partial charge on any atom is 1.00 e. The largest absolute Gasteiger partial charge is 1.00 e. The van der Waals surface area contributed by atoms with Gasteiger partial charge in [0.15, 0.2) is 0 Å². The molecule has 0 amide bonds. The third-order valence-corrected chi connectivity index (χ3v) is 5.05. The van der Waals surface area contributed by atoms with E-state index in [2.05, 4.69) is 15.8 Å². The zero-order chi connectivity index (χ0) is 16.2. The van der Waals surface area contributed by atoms with Gasteiger partial charge in [0.2, 0.25) is 0 Å². The number of phosphoric acid groups is 2. The van der Waals surface area contributed by atoms with Crippen LogP contribution in [-0.2, 0) is 18.0 Å². The van der Waals surface area contributed by atoms with Gasteiger partial charge in [0.25, 0.3) is 7.82 Å². The van der Waals surface area contributed by atoms with E-state index in [1.165, 1.54) is 38.5 Å². The van der Waals surface area contributed by atoms with Crippen molar-refractivity contribution in [2.24, 2.45) is 0 Å². The van der Waals surface area contributed by atoms with Crippen LogP contribution in [0, 0.1) is 0 Å². The van der Waals surface area contributed by atoms with Gasteiger partial charge in [0, 0.05) is 0 Å². The van der Waals surface area contributed by atoms with Crippen LogP contribution in [0.4, 0.5) is 0 Å². The smallest absolute Gasteiger partial charge is 0.790 e. The summed E-state index contributed by atoms with van der Waals surface area (Å²) in [7, 11) is -10.6. The third kappa shape index (κ3) is 27.5. The molecular formula is C12H25Na3O7P2. The van der Waals surface area contributed by atoms with Crippen molar-refractivity contribution in [1.82, 2.24) is 0 Å². The first kappa shape index (κ1) is 34.7. The van der Waals surface area contributed by atoms with Crippen LogP contribution in [0.5, 0.6) is 0 Å². The van der Waals surface area contributed by atoms with Gasteiger partial charge in [0.05, 0.1) is 14.4 Å². The molecule has 0 aromatic rings. The fourth-order valence-electron chi connectivity index (χ4n) is 1.91. The molecule has 0 fully saturated rings. The summed E-state index contributed by atoms with van der Waals surface area (Å²) in [4.78, 5) is 31.2. The van der Waals surface area contributed by atoms with Crippen LogP contribution in [0.2, 0.25) is 0 Å². The zero-order valence-electron chi connectivity index (χ0n) is 15.5. The van der Waals surface area contributed by atoms with Gasteiger partial charge in [-0.15, -0.1) is 0 Å². The SMILES string of the molecule is CCCCCCCCCCCCOP(=O)([O-])OP(=O)([O-])[O-].[Na+].[Na+].[Na+]. The Bertz CT molecular complexity index is 356. The van der Waals surface area contributed by atoms with Crippen LogP contribution < -0.4 is 103 Å². The van der Waals surface area contributed by atoms with E-state index >= 15 is 0 Å². The second-order valence-electron chi connectivity index (χ2n) is 4.99. The van der Waals surface area contributed by atoms with Crippen molar-refractivity contribution >= 4 is 15.6 Å². The molecule has 1 atom stereocenters. The first-order chi connectivity index (χ1) is 9.77. The van der Waals surface area contributed by atoms with Gasteiger partial charge in [-0.25, -0.2) is 0 Å². The van der Waals surface area contributed by atoms with Gasteiger partial charge in [-0.05, 0) is 6.42 Å². The van der Waals surface area contributed by atoms with E-state index in [4.69, 9.17) is 0 Å². The van der Waals surface area contributed by atoms with Crippen LogP contribution in [0.1, 0.15) is 71.1 Å². The third-order valence-electron chi connectivity index (χ3n) is 2.95. The molecule has 7 nitrogen and oxygen atoms in total. The normalized spacial score (nSPS) is 13.2. The molecule has 0 radical (unpaired) electrons. The molecular weight excluding hydrogens is 387 g/mol. The van der Waals surface area contributed by atoms with Crippen molar-refractivity contribution in [2.45, 2.75) is 71.1 Å². The minimum absolute atomic E-state index is 0. The summed E-state index contributed by atoms with van der Waals surface area (Å²) in [6.07, 6.45) is 10.8. The Morgan fingerprint density at radius 2 is 1.08 bits per heavy atom. The predicted molar refractivity (Wildman–Crippen MR) is 74.1 cm³/mol. The molecule has 0 aliphatic rings. The van der Waals surface area contributed by atoms with E-state index in [9.17, 15) is 23.8 Å². The van der Waals surface area contributed by atoms with Crippen LogP contribution in [-0.4, -0.2) is 6.61 Å². The molecule has 0 heterocycles. The first-order valence-electron chi connectivity index (χ1n) is 7.46. The van der Waals surface area contributed by atoms with Gasteiger partial charge in [-0.2, -0.15) is 0 Å². The van der Waals surface area contributed by atoms with E-state index in [1.54, 1.807) is 0 Å². The monoisotopic (exact) mass is 412 g/mol. The molecule has 1 unspecified atom stereocenters. The summed E-state index contributed by atoms with van der Waals surface area (Å²) in [5.41, 5.74) is 0. The summed E-state index contributed by atoms with van der Waals surface area (Å²) >= 11 is 0. The minimum atomic E-state index is -5.57. The Kier molecular flexibility index (Phi) is 30.4. The Labute approximate surface area is 212 Å². The van der Waals surface area contributed by atoms with E-state index in [-0.39, 0.29) is 95.3 Å². The van der Waals surface area contributed by atoms with Gasteiger partial charge in [-0.1, -0.05) is 64.7 Å². The minimum Gasteiger partial charge on any atom is -0.790 e. The topological polar surface area (TPSA) is 122 Å². The van der Waals surface area contributed by atoms with E-state index in [0.717, 1.165) is 19.3 Å². The molecule has 0 spiro atoms. The molecule has 128 valence electrons. The van der Waals surface area contributed by atoms with E-state index in [1.807, 2.05) is 0 Å². The quantitative estimate of drug-likeness (QED) is 0.158. The summed E-state index contributed by atoms with van der Waals surface area (Å²) in [6.45, 7) is 2.01. The molecule has 0 bridgehead atoms. The van der Waals surface area contributed by atoms with Crippen molar-refractivity contribution in [1.29, 1.82) is 0 Å². The molecule has 0 N–H and O–H groups in total. The molecule has 0 saturated carbocycles. The maximum atomic E-state index is 10.9. The van der Waals surface area contributed by atoms with Crippen molar-refractivity contribution in [3.05, 3.63) is 0 Å². The molecule has 0 aliphatic heterocycles. The molecule has 0 saturated heterocycles. The molecule has 24 heavy (non-hydrogen) atoms. The van der Waals surface area contributed by atoms with E-state index < -0.39 is 15.6 Å². The van der Waals surface area contributed by atoms with Crippen LogP contribution in [0.3, 0.4) is 0 Å². The molecule has 0 aliphatic carbocycles. The van der Waals surface area contributed by atoms with Gasteiger partial charge in [0.1, 0.15) is 0 Å². The van der Waals surface area contributed by atoms with E-state index in [0.29, 0.717) is 6.42 Å². The van der Waals surface area contributed by atoms with Crippen LogP contribution >= 0.6 is 15.6 Å². The van der Waals surface area contributed by atoms with Gasteiger partial charge in [-0.3, -0.25) is 8.88 Å². The predicted octanol–water partition coefficient (Wildman–Crippen LogP) is -6.75. The Morgan fingerprint density at radius 3 is 1.46 bits per heavy atom. The van der Waals surface area contributed by atoms with Crippen molar-refractivity contribution < 1.29 is 121 Å². The van der Waals surface area contributed by atoms with Crippen molar-refractivity contribution in [2.75, 3.05) is 6.61 Å². The number of phosphoric ester groups is 1. The zero-order valence-corrected chi connectivity index (χ0v) is 23.3. The summed E-state index contributed by atoms with van der Waals surface area (Å²) in [5, 5.41) is 0. The number of rotatable bonds is 14. The second-order valence-corrected chi connectivity index (χ2v) is 7.69. The number of unbranched alkanes of at least 4 members (excludes halogenated alkanes) is 9. The van der Waals surface area contributed by atoms with Crippen molar-refractivity contribution in [3.8, 4) is 0 Å². The fraction of sp³-hybridized carbons (Fsp3) is 1.00. The summed E-state index contributed by atoms with van der Waals surface area (Å²) in [6, 6.07) is 0. The summed E-state index contributed by atoms with van der Waals surface area (Å²) < 4.78 is 28.7. The fourth-order valence-corrected chi connectivity index (χ4v) is 3.43. The second kappa shape index (κ2) is 21.0. The standard InChI is InChI=1S/C12H28O7P2.3Na/c1-2-3-4-5-6-7-8-9-10-11-12-18-21(16,17)19-20(13,14)15;;;/h2-12H2,1H3,(H,16,17)(H2,13,14,15);;;/q;3*+1/p-3. The first-order valence-corrected chi connectivity index (χ1v) is 10.4. The average Bonchev–Trinajstić information content (AvgIpc) is 2.33. The molecule has 0 aromatic heterocycles. The maximum absolute atomic E-state index is 10.9. The van der Waals surface area contributed by atoms with Gasteiger partial charge >= 0.3 is 88.7 Å². The number of hydrogen-bond donors (Lipinski definition) is 0.